The van der Waals surface area contributed by atoms with Gasteiger partial charge in [0.2, 0.25) is 0 Å². The molecule has 6 nitrogen and oxygen atoms in total. The van der Waals surface area contributed by atoms with Crippen LogP contribution in [0.5, 0.6) is 0 Å². The van der Waals surface area contributed by atoms with Crippen molar-refractivity contribution in [1.82, 2.24) is 0 Å². The van der Waals surface area contributed by atoms with E-state index in [1.54, 1.807) is 0 Å². The van der Waals surface area contributed by atoms with Gasteiger partial charge in [-0.05, 0) is 24.3 Å². The van der Waals surface area contributed by atoms with E-state index in [1.807, 2.05) is 0 Å². The molecule has 0 radical (unpaired) electrons. The number of carboxylic acids is 1. The molecule has 1 aromatic rings. The largest absolute Gasteiger partial charge is 0.478 e. The second-order valence-corrected chi connectivity index (χ2v) is 5.79. The van der Waals surface area contributed by atoms with E-state index < -0.39 is 26.3 Å². The molecule has 1 aliphatic rings. The van der Waals surface area contributed by atoms with E-state index in [0.717, 1.165) is 6.08 Å². The first-order valence-corrected chi connectivity index (χ1v) is 6.45. The molecular weight excluding hydrogens is 282 g/mol. The van der Waals surface area contributed by atoms with Crippen molar-refractivity contribution >= 4 is 39.2 Å². The first-order valence-electron chi connectivity index (χ1n) is 4.64. The highest BCUT2D eigenvalue weighted by atomic mass is 35.5. The first-order chi connectivity index (χ1) is 8.34. The molecule has 0 fully saturated rings. The van der Waals surface area contributed by atoms with Crippen molar-refractivity contribution in [3.8, 4) is 0 Å². The SMILES string of the molecule is O=C(O)c1ccc(N2C(=O)C=C(Cl)S2(=O)=O)cc1. The summed E-state index contributed by atoms with van der Waals surface area (Å²) in [5.74, 6) is -1.93. The molecule has 94 valence electrons. The summed E-state index contributed by atoms with van der Waals surface area (Å²) in [6.07, 6.45) is 0.794. The van der Waals surface area contributed by atoms with E-state index in [-0.39, 0.29) is 11.3 Å². The van der Waals surface area contributed by atoms with Crippen molar-refractivity contribution in [2.24, 2.45) is 0 Å². The Bertz CT molecular complexity index is 662. The van der Waals surface area contributed by atoms with E-state index in [1.165, 1.54) is 24.3 Å². The van der Waals surface area contributed by atoms with Gasteiger partial charge in [-0.3, -0.25) is 4.79 Å². The number of hydrogen-bond donors (Lipinski definition) is 1. The number of carbonyl (C=O) groups is 2. The lowest BCUT2D eigenvalue weighted by Gasteiger charge is -2.15. The summed E-state index contributed by atoms with van der Waals surface area (Å²) >= 11 is 5.44. The Morgan fingerprint density at radius 2 is 1.78 bits per heavy atom. The van der Waals surface area contributed by atoms with Crippen molar-refractivity contribution in [3.63, 3.8) is 0 Å². The number of amides is 1. The smallest absolute Gasteiger partial charge is 0.335 e. The third-order valence-corrected chi connectivity index (χ3v) is 4.45. The number of carbonyl (C=O) groups excluding carboxylic acids is 1. The van der Waals surface area contributed by atoms with Crippen LogP contribution < -0.4 is 4.31 Å². The van der Waals surface area contributed by atoms with Crippen LogP contribution in [0.25, 0.3) is 0 Å². The quantitative estimate of drug-likeness (QED) is 0.880. The molecule has 18 heavy (non-hydrogen) atoms. The predicted molar refractivity (Wildman–Crippen MR) is 63.7 cm³/mol. The van der Waals surface area contributed by atoms with Gasteiger partial charge in [-0.2, -0.15) is 12.7 Å². The van der Waals surface area contributed by atoms with E-state index in [2.05, 4.69) is 0 Å². The van der Waals surface area contributed by atoms with Crippen LogP contribution in [0.4, 0.5) is 5.69 Å². The zero-order valence-corrected chi connectivity index (χ0v) is 10.3. The number of benzene rings is 1. The monoisotopic (exact) mass is 287 g/mol. The molecule has 1 N–H and O–H groups in total. The number of nitrogens with zero attached hydrogens (tertiary/aromatic N) is 1. The molecule has 0 saturated heterocycles. The summed E-state index contributed by atoms with van der Waals surface area (Å²) in [5.41, 5.74) is 0.0266. The molecule has 0 atom stereocenters. The molecule has 0 aliphatic carbocycles. The van der Waals surface area contributed by atoms with Gasteiger partial charge in [-0.15, -0.1) is 0 Å². The summed E-state index contributed by atoms with van der Waals surface area (Å²) in [4.78, 5) is 22.1. The molecule has 0 spiro atoms. The van der Waals surface area contributed by atoms with Crippen molar-refractivity contribution in [2.75, 3.05) is 4.31 Å². The molecule has 1 amide bonds. The fourth-order valence-electron chi connectivity index (χ4n) is 1.44. The summed E-state index contributed by atoms with van der Waals surface area (Å²) in [5, 5.41) is 8.71. The average molecular weight is 288 g/mol. The number of carboxylic acid groups (broad SMARTS) is 1. The van der Waals surface area contributed by atoms with Crippen LogP contribution >= 0.6 is 11.6 Å². The summed E-state index contributed by atoms with van der Waals surface area (Å²) in [7, 11) is -4.04. The van der Waals surface area contributed by atoms with E-state index >= 15 is 0 Å². The van der Waals surface area contributed by atoms with Crippen LogP contribution in [-0.2, 0) is 14.8 Å². The molecule has 1 aliphatic heterocycles. The van der Waals surface area contributed by atoms with Crippen LogP contribution in [0, 0.1) is 0 Å². The van der Waals surface area contributed by atoms with Gasteiger partial charge in [0, 0.05) is 6.08 Å². The van der Waals surface area contributed by atoms with Gasteiger partial charge >= 0.3 is 5.97 Å². The summed E-state index contributed by atoms with van der Waals surface area (Å²) in [6, 6.07) is 4.85. The Morgan fingerprint density at radius 3 is 2.17 bits per heavy atom. The molecule has 0 saturated carbocycles. The van der Waals surface area contributed by atoms with E-state index in [4.69, 9.17) is 16.7 Å². The second-order valence-electron chi connectivity index (χ2n) is 3.41. The third-order valence-electron chi connectivity index (χ3n) is 2.27. The highest BCUT2D eigenvalue weighted by molar-refractivity contribution is 7.99. The number of halogens is 1. The van der Waals surface area contributed by atoms with Gasteiger partial charge in [0.25, 0.3) is 15.9 Å². The van der Waals surface area contributed by atoms with Gasteiger partial charge in [0.15, 0.2) is 4.36 Å². The number of aromatic carboxylic acids is 1. The highest BCUT2D eigenvalue weighted by Gasteiger charge is 2.37. The number of sulfonamides is 1. The summed E-state index contributed by atoms with van der Waals surface area (Å²) in [6.45, 7) is 0. The average Bonchev–Trinajstić information content (AvgIpc) is 2.48. The fourth-order valence-corrected chi connectivity index (χ4v) is 2.85. The second kappa shape index (κ2) is 4.11. The van der Waals surface area contributed by atoms with Crippen LogP contribution in [0.15, 0.2) is 34.7 Å². The Hall–Kier alpha value is -1.86. The highest BCUT2D eigenvalue weighted by Crippen LogP contribution is 2.30. The molecule has 1 heterocycles. The first kappa shape index (κ1) is 12.6. The maximum atomic E-state index is 11.7. The van der Waals surface area contributed by atoms with Gasteiger partial charge in [0.05, 0.1) is 11.3 Å². The Morgan fingerprint density at radius 1 is 1.22 bits per heavy atom. The van der Waals surface area contributed by atoms with Crippen LogP contribution in [-0.4, -0.2) is 25.4 Å². The maximum absolute atomic E-state index is 11.7. The fraction of sp³-hybridized carbons (Fsp3) is 0. The standard InChI is InChI=1S/C10H6ClNO5S/c11-8-5-9(13)12(18(8,16)17)7-3-1-6(2-4-7)10(14)15/h1-5H,(H,14,15). The number of anilines is 1. The third kappa shape index (κ3) is 1.87. The minimum atomic E-state index is -4.04. The lowest BCUT2D eigenvalue weighted by molar-refractivity contribution is -0.112. The van der Waals surface area contributed by atoms with Crippen LogP contribution in [0.1, 0.15) is 10.4 Å². The number of rotatable bonds is 2. The maximum Gasteiger partial charge on any atom is 0.335 e. The number of hydrogen-bond acceptors (Lipinski definition) is 4. The molecule has 8 heteroatoms. The lowest BCUT2D eigenvalue weighted by Crippen LogP contribution is -2.30. The van der Waals surface area contributed by atoms with Gasteiger partial charge < -0.3 is 5.11 Å². The molecule has 1 aromatic carbocycles. The Labute approximate surface area is 107 Å². The van der Waals surface area contributed by atoms with Gasteiger partial charge in [-0.25, -0.2) is 4.79 Å². The van der Waals surface area contributed by atoms with Crippen molar-refractivity contribution in [1.29, 1.82) is 0 Å². The zero-order chi connectivity index (χ0) is 13.5. The Balaban J connectivity index is 2.45. The minimum absolute atomic E-state index is 0.0122. The van der Waals surface area contributed by atoms with Crippen molar-refractivity contribution in [2.45, 2.75) is 0 Å². The van der Waals surface area contributed by atoms with Crippen LogP contribution in [0.2, 0.25) is 0 Å². The molecule has 0 bridgehead atoms. The van der Waals surface area contributed by atoms with E-state index in [9.17, 15) is 18.0 Å². The molecule has 0 aromatic heterocycles. The topological polar surface area (TPSA) is 91.8 Å². The van der Waals surface area contributed by atoms with Crippen LogP contribution in [0.3, 0.4) is 0 Å². The molecule has 2 rings (SSSR count). The van der Waals surface area contributed by atoms with Gasteiger partial charge in [0.1, 0.15) is 0 Å². The zero-order valence-electron chi connectivity index (χ0n) is 8.70. The molecule has 0 unspecified atom stereocenters. The molecular formula is C10H6ClNO5S. The van der Waals surface area contributed by atoms with Crippen molar-refractivity contribution in [3.05, 3.63) is 40.3 Å². The van der Waals surface area contributed by atoms with E-state index in [0.29, 0.717) is 4.31 Å². The van der Waals surface area contributed by atoms with Gasteiger partial charge in [-0.1, -0.05) is 11.6 Å². The predicted octanol–water partition coefficient (Wildman–Crippen LogP) is 1.14. The Kier molecular flexibility index (Phi) is 2.88. The normalized spacial score (nSPS) is 17.7. The van der Waals surface area contributed by atoms with Crippen molar-refractivity contribution < 1.29 is 23.1 Å². The lowest BCUT2D eigenvalue weighted by atomic mass is 10.2. The minimum Gasteiger partial charge on any atom is -0.478 e. The summed E-state index contributed by atoms with van der Waals surface area (Å²) < 4.78 is 23.4.